The van der Waals surface area contributed by atoms with Crippen molar-refractivity contribution < 1.29 is 0 Å². The predicted octanol–water partition coefficient (Wildman–Crippen LogP) is 11.4. The Morgan fingerprint density at radius 3 is 1.41 bits per heavy atom. The average Bonchev–Trinajstić information content (AvgIpc) is 3.27. The zero-order chi connectivity index (χ0) is 36.1. The van der Waals surface area contributed by atoms with Crippen LogP contribution in [0, 0.1) is 0 Å². The summed E-state index contributed by atoms with van der Waals surface area (Å²) in [6.45, 7) is 0. The Morgan fingerprint density at radius 1 is 0.259 bits per heavy atom. The van der Waals surface area contributed by atoms with Gasteiger partial charge in [0.15, 0.2) is 17.5 Å². The summed E-state index contributed by atoms with van der Waals surface area (Å²) in [4.78, 5) is 29.4. The van der Waals surface area contributed by atoms with Crippen LogP contribution in [0.1, 0.15) is 0 Å². The zero-order valence-electron chi connectivity index (χ0n) is 29.2. The summed E-state index contributed by atoms with van der Waals surface area (Å²) >= 11 is 0. The minimum absolute atomic E-state index is 0.616. The van der Waals surface area contributed by atoms with Crippen LogP contribution in [-0.4, -0.2) is 29.9 Å². The molecule has 0 bridgehead atoms. The van der Waals surface area contributed by atoms with E-state index in [1.807, 2.05) is 115 Å². The first-order valence-electron chi connectivity index (χ1n) is 17.8. The van der Waals surface area contributed by atoms with Gasteiger partial charge in [-0.1, -0.05) is 146 Å². The third-order valence-corrected chi connectivity index (χ3v) is 9.26. The Bertz CT molecular complexity index is 2570. The average molecular weight is 693 g/mol. The van der Waals surface area contributed by atoms with Crippen molar-refractivity contribution in [3.05, 3.63) is 194 Å². The lowest BCUT2D eigenvalue weighted by molar-refractivity contribution is 1.07. The third kappa shape index (κ3) is 6.79. The molecule has 0 radical (unpaired) electrons. The molecule has 0 fully saturated rings. The number of benzene rings is 5. The van der Waals surface area contributed by atoms with Crippen molar-refractivity contribution in [2.75, 3.05) is 0 Å². The van der Waals surface area contributed by atoms with E-state index in [1.54, 1.807) is 6.20 Å². The lowest BCUT2D eigenvalue weighted by Crippen LogP contribution is -2.01. The Balaban J connectivity index is 1.08. The van der Waals surface area contributed by atoms with Gasteiger partial charge < -0.3 is 0 Å². The lowest BCUT2D eigenvalue weighted by atomic mass is 9.95. The van der Waals surface area contributed by atoms with E-state index in [9.17, 15) is 0 Å². The first-order chi connectivity index (χ1) is 26.7. The Morgan fingerprint density at radius 2 is 0.796 bits per heavy atom. The molecule has 0 N–H and O–H groups in total. The van der Waals surface area contributed by atoms with Crippen molar-refractivity contribution in [3.8, 4) is 90.3 Å². The fourth-order valence-electron chi connectivity index (χ4n) is 6.55. The van der Waals surface area contributed by atoms with Crippen LogP contribution in [0.4, 0.5) is 0 Å². The van der Waals surface area contributed by atoms with Crippen LogP contribution in [0.5, 0.6) is 0 Å². The van der Waals surface area contributed by atoms with Gasteiger partial charge >= 0.3 is 0 Å². The summed E-state index contributed by atoms with van der Waals surface area (Å²) in [6.07, 6.45) is 3.71. The molecule has 5 aromatic carbocycles. The zero-order valence-corrected chi connectivity index (χ0v) is 29.2. The van der Waals surface area contributed by atoms with Crippen LogP contribution in [-0.2, 0) is 0 Å². The van der Waals surface area contributed by atoms with Crippen LogP contribution in [0.25, 0.3) is 90.3 Å². The highest BCUT2D eigenvalue weighted by Gasteiger charge is 2.16. The molecule has 0 spiro atoms. The van der Waals surface area contributed by atoms with Crippen molar-refractivity contribution in [1.29, 1.82) is 0 Å². The summed E-state index contributed by atoms with van der Waals surface area (Å²) in [5.74, 6) is 1.88. The van der Waals surface area contributed by atoms with Gasteiger partial charge in [-0.3, -0.25) is 9.97 Å². The van der Waals surface area contributed by atoms with Gasteiger partial charge in [0.25, 0.3) is 0 Å². The van der Waals surface area contributed by atoms with Gasteiger partial charge in [0.2, 0.25) is 0 Å². The van der Waals surface area contributed by atoms with Crippen LogP contribution < -0.4 is 0 Å². The van der Waals surface area contributed by atoms with Gasteiger partial charge in [-0.15, -0.1) is 0 Å². The largest absolute Gasteiger partial charge is 0.255 e. The minimum Gasteiger partial charge on any atom is -0.255 e. The fourth-order valence-corrected chi connectivity index (χ4v) is 6.55. The molecule has 54 heavy (non-hydrogen) atoms. The van der Waals surface area contributed by atoms with Gasteiger partial charge in [0.1, 0.15) is 0 Å². The van der Waals surface area contributed by atoms with Crippen molar-refractivity contribution >= 4 is 0 Å². The molecule has 4 aromatic heterocycles. The first-order valence-corrected chi connectivity index (χ1v) is 17.8. The highest BCUT2D eigenvalue weighted by molar-refractivity contribution is 5.84. The highest BCUT2D eigenvalue weighted by atomic mass is 15.0. The standard InChI is InChI=1S/C48H32N6/c1-4-15-33(16-5-1)39-30-44(42-25-12-13-28-49-42)51-45(31-39)43-27-26-38(32-50-43)36-21-14-22-37(29-36)40-23-10-11-24-41(40)48-53-46(34-17-6-2-7-18-34)52-47(54-48)35-19-8-3-9-20-35/h1-32H. The van der Waals surface area contributed by atoms with E-state index in [4.69, 9.17) is 24.9 Å². The highest BCUT2D eigenvalue weighted by Crippen LogP contribution is 2.35. The molecule has 9 aromatic rings. The molecule has 0 unspecified atom stereocenters. The topological polar surface area (TPSA) is 77.3 Å². The number of rotatable bonds is 8. The van der Waals surface area contributed by atoms with Crippen molar-refractivity contribution in [1.82, 2.24) is 29.9 Å². The molecule has 4 heterocycles. The van der Waals surface area contributed by atoms with Crippen LogP contribution in [0.2, 0.25) is 0 Å². The molecule has 9 rings (SSSR count). The smallest absolute Gasteiger partial charge is 0.164 e. The summed E-state index contributed by atoms with van der Waals surface area (Å²) in [5.41, 5.74) is 12.3. The summed E-state index contributed by atoms with van der Waals surface area (Å²) in [5, 5.41) is 0. The Kier molecular flexibility index (Phi) is 8.81. The molecule has 0 aliphatic carbocycles. The maximum absolute atomic E-state index is 5.01. The monoisotopic (exact) mass is 692 g/mol. The van der Waals surface area contributed by atoms with Crippen molar-refractivity contribution in [2.24, 2.45) is 0 Å². The predicted molar refractivity (Wildman–Crippen MR) is 217 cm³/mol. The second kappa shape index (κ2) is 14.7. The maximum Gasteiger partial charge on any atom is 0.164 e. The molecule has 0 amide bonds. The molecular formula is C48H32N6. The van der Waals surface area contributed by atoms with Gasteiger partial charge in [-0.2, -0.15) is 0 Å². The van der Waals surface area contributed by atoms with Crippen molar-refractivity contribution in [2.45, 2.75) is 0 Å². The molecule has 0 atom stereocenters. The second-order valence-corrected chi connectivity index (χ2v) is 12.8. The van der Waals surface area contributed by atoms with E-state index in [0.29, 0.717) is 17.5 Å². The van der Waals surface area contributed by atoms with Gasteiger partial charge in [0, 0.05) is 34.6 Å². The number of hydrogen-bond donors (Lipinski definition) is 0. The van der Waals surface area contributed by atoms with E-state index in [0.717, 1.165) is 72.8 Å². The van der Waals surface area contributed by atoms with E-state index in [-0.39, 0.29) is 0 Å². The Labute approximate surface area is 313 Å². The van der Waals surface area contributed by atoms with E-state index < -0.39 is 0 Å². The molecule has 6 nitrogen and oxygen atoms in total. The first kappa shape index (κ1) is 32.5. The van der Waals surface area contributed by atoms with E-state index in [2.05, 4.69) is 77.8 Å². The maximum atomic E-state index is 5.01. The summed E-state index contributed by atoms with van der Waals surface area (Å²) < 4.78 is 0. The SMILES string of the molecule is c1ccc(-c2cc(-c3ccccn3)nc(-c3ccc(-c4cccc(-c5ccccc5-c5nc(-c6ccccc6)nc(-c6ccccc6)n5)c4)cn3)c2)cc1. The van der Waals surface area contributed by atoms with E-state index >= 15 is 0 Å². The number of pyridine rings is 3. The Hall–Kier alpha value is -7.44. The van der Waals surface area contributed by atoms with Crippen LogP contribution in [0.3, 0.4) is 0 Å². The molecule has 0 aliphatic heterocycles. The van der Waals surface area contributed by atoms with Crippen LogP contribution >= 0.6 is 0 Å². The summed E-state index contributed by atoms with van der Waals surface area (Å²) in [7, 11) is 0. The molecule has 0 saturated carbocycles. The second-order valence-electron chi connectivity index (χ2n) is 12.8. The van der Waals surface area contributed by atoms with Gasteiger partial charge in [-0.05, 0) is 64.2 Å². The quantitative estimate of drug-likeness (QED) is 0.158. The fraction of sp³-hybridized carbons (Fsp3) is 0. The van der Waals surface area contributed by atoms with Crippen molar-refractivity contribution in [3.63, 3.8) is 0 Å². The van der Waals surface area contributed by atoms with Crippen LogP contribution in [0.15, 0.2) is 194 Å². The van der Waals surface area contributed by atoms with Gasteiger partial charge in [-0.25, -0.2) is 19.9 Å². The molecular weight excluding hydrogens is 661 g/mol. The molecule has 254 valence electrons. The third-order valence-electron chi connectivity index (χ3n) is 9.26. The summed E-state index contributed by atoms with van der Waals surface area (Å²) in [6, 6.07) is 61.4. The van der Waals surface area contributed by atoms with E-state index in [1.165, 1.54) is 0 Å². The van der Waals surface area contributed by atoms with Gasteiger partial charge in [0.05, 0.1) is 22.8 Å². The normalized spacial score (nSPS) is 11.0. The number of nitrogens with zero attached hydrogens (tertiary/aromatic N) is 6. The number of hydrogen-bond acceptors (Lipinski definition) is 6. The molecule has 6 heteroatoms. The lowest BCUT2D eigenvalue weighted by Gasteiger charge is -2.13. The molecule has 0 saturated heterocycles. The minimum atomic E-state index is 0.616. The molecule has 0 aliphatic rings. The number of aromatic nitrogens is 6.